The maximum absolute atomic E-state index is 12.5. The molecule has 2 aromatic rings. The van der Waals surface area contributed by atoms with Gasteiger partial charge in [0.2, 0.25) is 0 Å². The van der Waals surface area contributed by atoms with E-state index in [0.717, 1.165) is 11.6 Å². The molecule has 1 atom stereocenters. The van der Waals surface area contributed by atoms with Crippen molar-refractivity contribution in [1.29, 1.82) is 0 Å². The van der Waals surface area contributed by atoms with Crippen LogP contribution in [-0.4, -0.2) is 42.1 Å². The molecule has 0 aromatic carbocycles. The second kappa shape index (κ2) is 5.23. The minimum Gasteiger partial charge on any atom is -0.328 e. The Morgan fingerprint density at radius 3 is 2.81 bits per heavy atom. The maximum atomic E-state index is 12.5. The summed E-state index contributed by atoms with van der Waals surface area (Å²) >= 11 is 0. The molecule has 7 nitrogen and oxygen atoms in total. The Balaban J connectivity index is 1.88. The van der Waals surface area contributed by atoms with Crippen molar-refractivity contribution in [2.75, 3.05) is 6.54 Å². The molecule has 0 saturated carbocycles. The Morgan fingerprint density at radius 2 is 2.14 bits per heavy atom. The van der Waals surface area contributed by atoms with Gasteiger partial charge in [0.05, 0.1) is 18.8 Å². The number of hydrogen-bond acceptors (Lipinski definition) is 5. The standard InChI is InChI=1S/C14H18N6O/c1-9(2)13-18-17-12-8-19(7-10(3)20(12)13)14(21)11-6-15-4-5-16-11/h4-6,9-10H,7-8H2,1-3H3/t10-/m0/s1. The largest absolute Gasteiger partial charge is 0.328 e. The SMILES string of the molecule is CC(C)c1nnc2n1[C@@H](C)CN(C(=O)c1cnccn1)C2. The third kappa shape index (κ3) is 2.39. The topological polar surface area (TPSA) is 76.8 Å². The number of fused-ring (bicyclic) bond motifs is 1. The van der Waals surface area contributed by atoms with Crippen LogP contribution in [-0.2, 0) is 6.54 Å². The monoisotopic (exact) mass is 286 g/mol. The predicted octanol–water partition coefficient (Wildman–Crippen LogP) is 1.41. The summed E-state index contributed by atoms with van der Waals surface area (Å²) in [7, 11) is 0. The summed E-state index contributed by atoms with van der Waals surface area (Å²) < 4.78 is 2.14. The van der Waals surface area contributed by atoms with Crippen LogP contribution in [0.4, 0.5) is 0 Å². The minimum atomic E-state index is -0.115. The summed E-state index contributed by atoms with van der Waals surface area (Å²) in [6.07, 6.45) is 4.58. The molecule has 2 aromatic heterocycles. The van der Waals surface area contributed by atoms with E-state index in [9.17, 15) is 4.79 Å². The van der Waals surface area contributed by atoms with Crippen LogP contribution in [0.15, 0.2) is 18.6 Å². The molecule has 1 aliphatic heterocycles. The normalized spacial score (nSPS) is 17.9. The zero-order valence-corrected chi connectivity index (χ0v) is 12.4. The van der Waals surface area contributed by atoms with Gasteiger partial charge in [0, 0.05) is 24.9 Å². The van der Waals surface area contributed by atoms with Gasteiger partial charge in [-0.1, -0.05) is 13.8 Å². The van der Waals surface area contributed by atoms with E-state index in [-0.39, 0.29) is 11.9 Å². The smallest absolute Gasteiger partial charge is 0.274 e. The Hall–Kier alpha value is -2.31. The molecular weight excluding hydrogens is 268 g/mol. The summed E-state index contributed by atoms with van der Waals surface area (Å²) in [5, 5.41) is 8.50. The van der Waals surface area contributed by atoms with Crippen molar-refractivity contribution < 1.29 is 4.79 Å². The van der Waals surface area contributed by atoms with Gasteiger partial charge in [-0.25, -0.2) is 4.98 Å². The Morgan fingerprint density at radius 1 is 1.33 bits per heavy atom. The van der Waals surface area contributed by atoms with Crippen LogP contribution < -0.4 is 0 Å². The van der Waals surface area contributed by atoms with Crippen molar-refractivity contribution in [2.24, 2.45) is 0 Å². The average Bonchev–Trinajstić information content (AvgIpc) is 2.92. The second-order valence-corrected chi connectivity index (χ2v) is 5.62. The highest BCUT2D eigenvalue weighted by Gasteiger charge is 2.30. The van der Waals surface area contributed by atoms with E-state index in [1.54, 1.807) is 11.1 Å². The van der Waals surface area contributed by atoms with Gasteiger partial charge < -0.3 is 9.47 Å². The molecule has 1 aliphatic rings. The summed E-state index contributed by atoms with van der Waals surface area (Å²) in [6, 6.07) is 0.154. The number of rotatable bonds is 2. The van der Waals surface area contributed by atoms with Crippen molar-refractivity contribution in [2.45, 2.75) is 39.3 Å². The van der Waals surface area contributed by atoms with Gasteiger partial charge in [-0.15, -0.1) is 10.2 Å². The lowest BCUT2D eigenvalue weighted by Crippen LogP contribution is -2.41. The lowest BCUT2D eigenvalue weighted by atomic mass is 10.1. The molecule has 0 N–H and O–H groups in total. The lowest BCUT2D eigenvalue weighted by molar-refractivity contribution is 0.0673. The highest BCUT2D eigenvalue weighted by molar-refractivity contribution is 5.92. The van der Waals surface area contributed by atoms with E-state index in [0.29, 0.717) is 24.7 Å². The van der Waals surface area contributed by atoms with Crippen molar-refractivity contribution in [3.8, 4) is 0 Å². The number of carbonyl (C=O) groups is 1. The number of nitrogens with zero attached hydrogens (tertiary/aromatic N) is 6. The number of carbonyl (C=O) groups excluding carboxylic acids is 1. The number of aromatic nitrogens is 5. The molecule has 0 aliphatic carbocycles. The molecule has 7 heteroatoms. The Labute approximate surface area is 123 Å². The van der Waals surface area contributed by atoms with Gasteiger partial charge in [-0.3, -0.25) is 9.78 Å². The molecule has 0 radical (unpaired) electrons. The minimum absolute atomic E-state index is 0.115. The Kier molecular flexibility index (Phi) is 3.40. The molecule has 0 unspecified atom stereocenters. The average molecular weight is 286 g/mol. The summed E-state index contributed by atoms with van der Waals surface area (Å²) in [5.74, 6) is 2.00. The van der Waals surface area contributed by atoms with Crippen LogP contribution >= 0.6 is 0 Å². The Bertz CT molecular complexity index is 651. The van der Waals surface area contributed by atoms with Gasteiger partial charge in [0.25, 0.3) is 5.91 Å². The van der Waals surface area contributed by atoms with Crippen molar-refractivity contribution in [3.63, 3.8) is 0 Å². The molecule has 0 spiro atoms. The van der Waals surface area contributed by atoms with Crippen LogP contribution in [0.25, 0.3) is 0 Å². The first-order valence-corrected chi connectivity index (χ1v) is 7.07. The van der Waals surface area contributed by atoms with Gasteiger partial charge in [0.1, 0.15) is 11.5 Å². The van der Waals surface area contributed by atoms with Gasteiger partial charge in [-0.2, -0.15) is 0 Å². The van der Waals surface area contributed by atoms with E-state index >= 15 is 0 Å². The third-order valence-corrected chi connectivity index (χ3v) is 3.64. The molecule has 1 amide bonds. The molecule has 3 heterocycles. The summed E-state index contributed by atoms with van der Waals surface area (Å²) in [5.41, 5.74) is 0.363. The predicted molar refractivity (Wildman–Crippen MR) is 75.6 cm³/mol. The molecule has 21 heavy (non-hydrogen) atoms. The van der Waals surface area contributed by atoms with Crippen LogP contribution in [0, 0.1) is 0 Å². The van der Waals surface area contributed by atoms with Gasteiger partial charge in [-0.05, 0) is 6.92 Å². The van der Waals surface area contributed by atoms with E-state index in [2.05, 4.69) is 45.5 Å². The first-order valence-electron chi connectivity index (χ1n) is 7.07. The molecule has 110 valence electrons. The zero-order valence-electron chi connectivity index (χ0n) is 12.4. The first-order chi connectivity index (χ1) is 10.1. The molecule has 0 bridgehead atoms. The van der Waals surface area contributed by atoms with Gasteiger partial charge in [0.15, 0.2) is 5.82 Å². The number of amides is 1. The van der Waals surface area contributed by atoms with Crippen LogP contribution in [0.2, 0.25) is 0 Å². The van der Waals surface area contributed by atoms with E-state index in [4.69, 9.17) is 0 Å². The van der Waals surface area contributed by atoms with Crippen LogP contribution in [0.1, 0.15) is 54.9 Å². The highest BCUT2D eigenvalue weighted by Crippen LogP contribution is 2.25. The maximum Gasteiger partial charge on any atom is 0.274 e. The van der Waals surface area contributed by atoms with E-state index in [1.807, 2.05) is 0 Å². The summed E-state index contributed by atoms with van der Waals surface area (Å²) in [6.45, 7) is 7.36. The van der Waals surface area contributed by atoms with Crippen molar-refractivity contribution in [1.82, 2.24) is 29.6 Å². The fraction of sp³-hybridized carbons (Fsp3) is 0.500. The van der Waals surface area contributed by atoms with Crippen LogP contribution in [0.5, 0.6) is 0 Å². The fourth-order valence-corrected chi connectivity index (χ4v) is 2.68. The van der Waals surface area contributed by atoms with Crippen LogP contribution in [0.3, 0.4) is 0 Å². The summed E-state index contributed by atoms with van der Waals surface area (Å²) in [4.78, 5) is 22.2. The van der Waals surface area contributed by atoms with Crippen molar-refractivity contribution >= 4 is 5.91 Å². The third-order valence-electron chi connectivity index (χ3n) is 3.64. The molecule has 0 saturated heterocycles. The van der Waals surface area contributed by atoms with E-state index < -0.39 is 0 Å². The lowest BCUT2D eigenvalue weighted by Gasteiger charge is -2.32. The second-order valence-electron chi connectivity index (χ2n) is 5.62. The molecule has 3 rings (SSSR count). The first kappa shape index (κ1) is 13.7. The van der Waals surface area contributed by atoms with Crippen molar-refractivity contribution in [3.05, 3.63) is 35.9 Å². The quantitative estimate of drug-likeness (QED) is 0.834. The van der Waals surface area contributed by atoms with Gasteiger partial charge >= 0.3 is 0 Å². The zero-order chi connectivity index (χ0) is 15.0. The van der Waals surface area contributed by atoms with E-state index in [1.165, 1.54) is 12.4 Å². The molecular formula is C14H18N6O. The highest BCUT2D eigenvalue weighted by atomic mass is 16.2. The molecule has 0 fully saturated rings. The number of hydrogen-bond donors (Lipinski definition) is 0. The fourth-order valence-electron chi connectivity index (χ4n) is 2.68.